The van der Waals surface area contributed by atoms with Crippen molar-refractivity contribution >= 4 is 11.9 Å². The van der Waals surface area contributed by atoms with E-state index in [-0.39, 0.29) is 112 Å². The first kappa shape index (κ1) is 102. The molecule has 0 aliphatic carbocycles. The molecule has 0 spiro atoms. The second-order valence-corrected chi connectivity index (χ2v) is 35.0. The summed E-state index contributed by atoms with van der Waals surface area (Å²) in [5.41, 5.74) is 1.35. The smallest absolute Gasteiger partial charge is 0.331 e. The van der Waals surface area contributed by atoms with Crippen LogP contribution >= 0.6 is 0 Å². The fraction of sp³-hybridized carbons (Fsp3) is 0.844. The Hall–Kier alpha value is -3.58. The molecule has 0 saturated carbocycles. The minimum atomic E-state index is -1.21. The van der Waals surface area contributed by atoms with Crippen LogP contribution in [-0.4, -0.2) is 306 Å². The highest BCUT2D eigenvalue weighted by atomic mass is 16.7. The van der Waals surface area contributed by atoms with Crippen LogP contribution in [0.2, 0.25) is 0 Å². The molecule has 36 atom stereocenters. The molecular formula is C90H152O28. The Morgan fingerprint density at radius 1 is 0.407 bits per heavy atom. The van der Waals surface area contributed by atoms with E-state index in [1.54, 1.807) is 54.4 Å². The van der Waals surface area contributed by atoms with Crippen LogP contribution in [0.4, 0.5) is 0 Å². The summed E-state index contributed by atoms with van der Waals surface area (Å²) in [5.74, 6) is -4.93. The number of hydrogen-bond acceptors (Lipinski definition) is 28. The Morgan fingerprint density at radius 2 is 0.763 bits per heavy atom. The van der Waals surface area contributed by atoms with Crippen molar-refractivity contribution in [2.75, 3.05) is 70.1 Å². The van der Waals surface area contributed by atoms with Gasteiger partial charge in [-0.25, -0.2) is 9.59 Å². The highest BCUT2D eigenvalue weighted by Crippen LogP contribution is 2.38. The lowest BCUT2D eigenvalue weighted by molar-refractivity contribution is -0.293. The van der Waals surface area contributed by atoms with E-state index >= 15 is 0 Å². The number of fused-ring (bicyclic) bond motifs is 4. The number of methoxy groups -OCH3 is 8. The SMILES string of the molecule is CO[C@@H]1C[C@@H](O)C[C@@H](O)[C@H](C)[C@@H]([C@@H](C)[C@@H](O)[C@@H](C)CC[C@H]2C[C@H](OC)C[C@H](C)O2)OC(=O)/C=C/C(C)=CC[C@H](O[C@H]2OC[C@H](O)[C@@H](OC)[C@H]2OC)C[C@@H]2C=CC[C@@H](C[C@H](OC)C[C@@H](O)C[C@@H](O)[C@H](C)[C@@H]([C@@H](C)[C@@H](O)[C@@H](C)CC[C@H]3C[C@H](OC)C[C@H](C)O3)OC(=O)/C=C/C(C)=CC[C@H](O[C@H]3OC[C@H](O)[C@@H](OC)[C@H]3OC)C[C@@H]3C=CC[C@@H](C1)O3)O2. The molecule has 8 N–H and O–H groups in total. The Bertz CT molecular complexity index is 2850. The summed E-state index contributed by atoms with van der Waals surface area (Å²) in [6.45, 7) is 18.6. The molecule has 0 amide bonds. The quantitative estimate of drug-likeness (QED) is 0.0329. The van der Waals surface area contributed by atoms with Gasteiger partial charge in [0.05, 0.1) is 135 Å². The van der Waals surface area contributed by atoms with Crippen molar-refractivity contribution in [3.63, 3.8) is 0 Å². The van der Waals surface area contributed by atoms with Crippen LogP contribution in [0.3, 0.4) is 0 Å². The predicted octanol–water partition coefficient (Wildman–Crippen LogP) is 9.16. The highest BCUT2D eigenvalue weighted by Gasteiger charge is 2.46. The van der Waals surface area contributed by atoms with Gasteiger partial charge in [-0.05, 0) is 142 Å². The molecule has 7 aliphatic rings. The lowest BCUT2D eigenvalue weighted by Gasteiger charge is -2.40. The number of esters is 2. The van der Waals surface area contributed by atoms with Crippen LogP contribution in [0.15, 0.2) is 71.9 Å². The Balaban J connectivity index is 1.18. The van der Waals surface area contributed by atoms with E-state index in [4.69, 9.17) is 85.3 Å². The number of aliphatic hydroxyl groups is 8. The van der Waals surface area contributed by atoms with Gasteiger partial charge in [0, 0.05) is 118 Å². The van der Waals surface area contributed by atoms with Crippen molar-refractivity contribution in [1.29, 1.82) is 0 Å². The number of carbonyl (C=O) groups excluding carboxylic acids is 2. The van der Waals surface area contributed by atoms with Gasteiger partial charge >= 0.3 is 11.9 Å². The maximum atomic E-state index is 14.3. The fourth-order valence-corrected chi connectivity index (χ4v) is 18.3. The average molecular weight is 1680 g/mol. The maximum absolute atomic E-state index is 14.3. The second kappa shape index (κ2) is 51.8. The molecule has 4 bridgehead atoms. The van der Waals surface area contributed by atoms with Crippen LogP contribution in [0.1, 0.15) is 198 Å². The molecule has 7 rings (SSSR count). The van der Waals surface area contributed by atoms with E-state index in [0.29, 0.717) is 75.4 Å². The third-order valence-electron chi connectivity index (χ3n) is 25.6. The van der Waals surface area contributed by atoms with Crippen molar-refractivity contribution in [1.82, 2.24) is 0 Å². The van der Waals surface area contributed by atoms with Crippen molar-refractivity contribution in [3.05, 3.63) is 71.9 Å². The minimum absolute atomic E-state index is 0.0202. The summed E-state index contributed by atoms with van der Waals surface area (Å²) in [7, 11) is 12.5. The first-order valence-electron chi connectivity index (χ1n) is 43.6. The molecule has 118 heavy (non-hydrogen) atoms. The van der Waals surface area contributed by atoms with Gasteiger partial charge in [-0.2, -0.15) is 0 Å². The summed E-state index contributed by atoms with van der Waals surface area (Å²) in [4.78, 5) is 28.7. The zero-order chi connectivity index (χ0) is 86.4. The van der Waals surface area contributed by atoms with E-state index in [9.17, 15) is 50.4 Å². The van der Waals surface area contributed by atoms with Crippen molar-refractivity contribution in [2.24, 2.45) is 35.5 Å². The maximum Gasteiger partial charge on any atom is 0.331 e. The Morgan fingerprint density at radius 3 is 1.11 bits per heavy atom. The molecule has 0 aromatic heterocycles. The summed E-state index contributed by atoms with van der Waals surface area (Å²) in [6.07, 6.45) is 6.78. The lowest BCUT2D eigenvalue weighted by Crippen LogP contribution is -2.56. The van der Waals surface area contributed by atoms with Crippen LogP contribution < -0.4 is 0 Å². The van der Waals surface area contributed by atoms with Crippen molar-refractivity contribution in [2.45, 2.75) is 381 Å². The number of ether oxygens (including phenoxy) is 18. The summed E-state index contributed by atoms with van der Waals surface area (Å²) in [5, 5.41) is 94.5. The van der Waals surface area contributed by atoms with Gasteiger partial charge in [0.2, 0.25) is 0 Å². The second-order valence-electron chi connectivity index (χ2n) is 35.0. The molecule has 0 unspecified atom stereocenters. The van der Waals surface area contributed by atoms with Gasteiger partial charge in [0.1, 0.15) is 48.8 Å². The van der Waals surface area contributed by atoms with E-state index in [2.05, 4.69) is 0 Å². The summed E-state index contributed by atoms with van der Waals surface area (Å²) < 4.78 is 111. The lowest BCUT2D eigenvalue weighted by atomic mass is 9.79. The molecule has 7 heterocycles. The van der Waals surface area contributed by atoms with Crippen LogP contribution in [-0.2, 0) is 94.9 Å². The summed E-state index contributed by atoms with van der Waals surface area (Å²) in [6, 6.07) is 0. The first-order valence-corrected chi connectivity index (χ1v) is 43.6. The van der Waals surface area contributed by atoms with Gasteiger partial charge in [0.25, 0.3) is 0 Å². The van der Waals surface area contributed by atoms with Crippen LogP contribution in [0, 0.1) is 35.5 Å². The minimum Gasteiger partial charge on any atom is -0.458 e. The zero-order valence-electron chi connectivity index (χ0n) is 73.9. The van der Waals surface area contributed by atoms with Gasteiger partial charge < -0.3 is 126 Å². The van der Waals surface area contributed by atoms with Gasteiger partial charge in [-0.15, -0.1) is 0 Å². The number of carbonyl (C=O) groups is 2. The van der Waals surface area contributed by atoms with E-state index < -0.39 is 170 Å². The number of aliphatic hydroxyl groups excluding tert-OH is 8. The number of hydrogen-bond donors (Lipinski definition) is 8. The molecule has 680 valence electrons. The van der Waals surface area contributed by atoms with Crippen molar-refractivity contribution < 1.29 is 136 Å². The molecule has 4 fully saturated rings. The number of rotatable bonds is 24. The largest absolute Gasteiger partial charge is 0.458 e. The zero-order valence-corrected chi connectivity index (χ0v) is 73.9. The Kier molecular flexibility index (Phi) is 44.5. The topological polar surface area (TPSA) is 362 Å². The molecule has 28 nitrogen and oxygen atoms in total. The molecule has 0 aromatic carbocycles. The van der Waals surface area contributed by atoms with Crippen LogP contribution in [0.5, 0.6) is 0 Å². The van der Waals surface area contributed by atoms with Gasteiger partial charge in [0.15, 0.2) is 12.6 Å². The van der Waals surface area contributed by atoms with E-state index in [1.165, 1.54) is 40.6 Å². The number of cyclic esters (lactones) is 2. The van der Waals surface area contributed by atoms with E-state index in [0.717, 1.165) is 25.7 Å². The predicted molar refractivity (Wildman–Crippen MR) is 441 cm³/mol. The Labute approximate surface area is 703 Å². The molecule has 7 aliphatic heterocycles. The third-order valence-corrected chi connectivity index (χ3v) is 25.6. The highest BCUT2D eigenvalue weighted by molar-refractivity contribution is 5.83. The van der Waals surface area contributed by atoms with Crippen molar-refractivity contribution in [3.8, 4) is 0 Å². The normalized spacial score (nSPS) is 40.6. The number of allylic oxidation sites excluding steroid dienone is 4. The molecule has 4 saturated heterocycles. The molecule has 28 heteroatoms. The monoisotopic (exact) mass is 1680 g/mol. The average Bonchev–Trinajstić information content (AvgIpc) is 0.831. The molecular weight excluding hydrogens is 1530 g/mol. The first-order chi connectivity index (χ1) is 56.3. The van der Waals surface area contributed by atoms with Crippen LogP contribution in [0.25, 0.3) is 0 Å². The van der Waals surface area contributed by atoms with Gasteiger partial charge in [-0.3, -0.25) is 0 Å². The van der Waals surface area contributed by atoms with Gasteiger partial charge in [-0.1, -0.05) is 101 Å². The molecule has 0 radical (unpaired) electrons. The third kappa shape index (κ3) is 32.1. The standard InChI is InChI=1S/C90H152O28/c1-51-25-31-69(115-89-87(107-17)85(105-15)77(95)49-109-89)43-63-21-19-23-65(113-63)45-73(103-13)40-62(92)42-76(94)58(8)84(60(10)82(100)54(4)30-34-68-48-72(102-12)38-56(6)112-68)118-80(98)36-28-52(2)26-32-70(116-90-88(108-18)86(106-16)78(96)50-110-90)44-64-22-20-24-66(114-64)46-74(104-14)39-61(91)41-75(93)57(7)83(117-79(97)35-27-51)59(9)81(99)53(3)29-33-67-47-71(101-11)37-55(5)111-67/h19-22,25-28,35-36,53-78,81-96,99-100H,23-24,29-34,37-50H2,1-18H3/b35-27+,36-28+,51-25?,52-26?/t53-,54-,55-,56-,57-,58-,59-,60-,61+,62+,63-,64-,65-,66-,67-,68-,69-,70-,71+,72+,73+,74+,75+,76+,77-,78-,81-,82-,83-,84-,85+,86+,87+,88+,89+,90+/m0/s1. The van der Waals surface area contributed by atoms with E-state index in [1.807, 2.05) is 91.8 Å². The fourth-order valence-electron chi connectivity index (χ4n) is 18.3. The molecule has 0 aromatic rings. The summed E-state index contributed by atoms with van der Waals surface area (Å²) >= 11 is 0.